The molecule has 1 amide bonds. The number of rotatable bonds is 2. The smallest absolute Gasteiger partial charge is 0.256 e. The van der Waals surface area contributed by atoms with E-state index in [0.717, 1.165) is 27.6 Å². The van der Waals surface area contributed by atoms with Gasteiger partial charge in [-0.1, -0.05) is 72.8 Å². The molecule has 3 heteroatoms. The second-order valence-corrected chi connectivity index (χ2v) is 6.58. The van der Waals surface area contributed by atoms with Crippen molar-refractivity contribution in [3.05, 3.63) is 102 Å². The standard InChI is InChI=1S/C24H15NO2/c26-23-19-11-4-3-10-17(19)18-12-6-13-20(22(18)23)24(27)25-21-14-5-8-15-7-1-2-9-16(15)21/h1-14H,(H,25,27). The molecular weight excluding hydrogens is 334 g/mol. The van der Waals surface area contributed by atoms with Crippen LogP contribution in [-0.2, 0) is 0 Å². The Morgan fingerprint density at radius 3 is 2.22 bits per heavy atom. The van der Waals surface area contributed by atoms with Gasteiger partial charge in [0.25, 0.3) is 5.91 Å². The lowest BCUT2D eigenvalue weighted by Gasteiger charge is -2.11. The van der Waals surface area contributed by atoms with Gasteiger partial charge in [-0.05, 0) is 28.6 Å². The Bertz CT molecular complexity index is 1230. The first kappa shape index (κ1) is 15.5. The molecule has 0 bridgehead atoms. The van der Waals surface area contributed by atoms with Crippen LogP contribution in [0.4, 0.5) is 5.69 Å². The fourth-order valence-electron chi connectivity index (χ4n) is 3.79. The summed E-state index contributed by atoms with van der Waals surface area (Å²) < 4.78 is 0. The van der Waals surface area contributed by atoms with E-state index in [1.165, 1.54) is 0 Å². The summed E-state index contributed by atoms with van der Waals surface area (Å²) in [7, 11) is 0. The van der Waals surface area contributed by atoms with Gasteiger partial charge < -0.3 is 5.32 Å². The molecule has 0 heterocycles. The van der Waals surface area contributed by atoms with Crippen molar-refractivity contribution in [2.75, 3.05) is 5.32 Å². The fourth-order valence-corrected chi connectivity index (χ4v) is 3.79. The lowest BCUT2D eigenvalue weighted by Crippen LogP contribution is -2.16. The van der Waals surface area contributed by atoms with Gasteiger partial charge in [-0.25, -0.2) is 0 Å². The SMILES string of the molecule is O=C(Nc1cccc2ccccc12)c1cccc2c1C(=O)c1ccccc1-2. The predicted molar refractivity (Wildman–Crippen MR) is 107 cm³/mol. The summed E-state index contributed by atoms with van der Waals surface area (Å²) in [5.41, 5.74) is 3.98. The number of anilines is 1. The molecule has 0 atom stereocenters. The summed E-state index contributed by atoms with van der Waals surface area (Å²) in [6.45, 7) is 0. The molecule has 0 aliphatic heterocycles. The van der Waals surface area contributed by atoms with Gasteiger partial charge in [-0.15, -0.1) is 0 Å². The number of benzene rings is 4. The van der Waals surface area contributed by atoms with E-state index in [-0.39, 0.29) is 11.7 Å². The van der Waals surface area contributed by atoms with E-state index in [9.17, 15) is 9.59 Å². The van der Waals surface area contributed by atoms with E-state index in [1.807, 2.05) is 78.9 Å². The Kier molecular flexibility index (Phi) is 3.41. The maximum absolute atomic E-state index is 13.1. The maximum Gasteiger partial charge on any atom is 0.256 e. The first-order chi connectivity index (χ1) is 13.2. The molecule has 5 rings (SSSR count). The van der Waals surface area contributed by atoms with Crippen molar-refractivity contribution in [3.63, 3.8) is 0 Å². The molecule has 0 aromatic heterocycles. The Labute approximate surface area is 156 Å². The van der Waals surface area contributed by atoms with Crippen molar-refractivity contribution in [2.45, 2.75) is 0 Å². The van der Waals surface area contributed by atoms with Crippen molar-refractivity contribution in [1.82, 2.24) is 0 Å². The monoisotopic (exact) mass is 349 g/mol. The Morgan fingerprint density at radius 2 is 1.33 bits per heavy atom. The number of fused-ring (bicyclic) bond motifs is 4. The zero-order chi connectivity index (χ0) is 18.4. The van der Waals surface area contributed by atoms with Gasteiger partial charge in [0, 0.05) is 22.2 Å². The number of ketones is 1. The summed E-state index contributed by atoms with van der Waals surface area (Å²) in [5.74, 6) is -0.367. The predicted octanol–water partition coefficient (Wildman–Crippen LogP) is 5.30. The molecular formula is C24H15NO2. The summed E-state index contributed by atoms with van der Waals surface area (Å²) in [4.78, 5) is 25.9. The molecule has 0 saturated heterocycles. The van der Waals surface area contributed by atoms with Gasteiger partial charge in [-0.2, -0.15) is 0 Å². The maximum atomic E-state index is 13.1. The van der Waals surface area contributed by atoms with E-state index in [0.29, 0.717) is 16.7 Å². The zero-order valence-corrected chi connectivity index (χ0v) is 14.4. The molecule has 0 spiro atoms. The average Bonchev–Trinajstić information content (AvgIpc) is 3.01. The van der Waals surface area contributed by atoms with Crippen molar-refractivity contribution >= 4 is 28.2 Å². The van der Waals surface area contributed by atoms with Crippen LogP contribution in [0, 0.1) is 0 Å². The summed E-state index contributed by atoms with van der Waals surface area (Å²) >= 11 is 0. The number of amides is 1. The quantitative estimate of drug-likeness (QED) is 0.470. The molecule has 0 unspecified atom stereocenters. The summed E-state index contributed by atoms with van der Waals surface area (Å²) in [5, 5.41) is 5.01. The second-order valence-electron chi connectivity index (χ2n) is 6.58. The Morgan fingerprint density at radius 1 is 0.667 bits per heavy atom. The normalized spacial score (nSPS) is 11.9. The van der Waals surface area contributed by atoms with Crippen molar-refractivity contribution < 1.29 is 9.59 Å². The van der Waals surface area contributed by atoms with Gasteiger partial charge >= 0.3 is 0 Å². The van der Waals surface area contributed by atoms with E-state index in [2.05, 4.69) is 5.32 Å². The third-order valence-corrected chi connectivity index (χ3v) is 5.04. The van der Waals surface area contributed by atoms with Crippen LogP contribution in [0.5, 0.6) is 0 Å². The third-order valence-electron chi connectivity index (χ3n) is 5.04. The number of carbonyl (C=O) groups excluding carboxylic acids is 2. The van der Waals surface area contributed by atoms with Crippen LogP contribution in [0.15, 0.2) is 84.9 Å². The lowest BCUT2D eigenvalue weighted by atomic mass is 10.00. The molecule has 1 aliphatic rings. The molecule has 27 heavy (non-hydrogen) atoms. The van der Waals surface area contributed by atoms with Crippen molar-refractivity contribution in [2.24, 2.45) is 0 Å². The average molecular weight is 349 g/mol. The number of hydrogen-bond acceptors (Lipinski definition) is 2. The van der Waals surface area contributed by atoms with Gasteiger partial charge in [0.1, 0.15) is 0 Å². The molecule has 1 N–H and O–H groups in total. The summed E-state index contributed by atoms with van der Waals surface area (Å²) in [6, 6.07) is 26.6. The largest absolute Gasteiger partial charge is 0.321 e. The highest BCUT2D eigenvalue weighted by Crippen LogP contribution is 2.38. The Balaban J connectivity index is 1.59. The first-order valence-electron chi connectivity index (χ1n) is 8.80. The molecule has 1 aliphatic carbocycles. The molecule has 4 aromatic carbocycles. The molecule has 128 valence electrons. The third kappa shape index (κ3) is 2.36. The van der Waals surface area contributed by atoms with Crippen LogP contribution in [0.3, 0.4) is 0 Å². The van der Waals surface area contributed by atoms with Crippen LogP contribution in [0.2, 0.25) is 0 Å². The fraction of sp³-hybridized carbons (Fsp3) is 0. The number of nitrogens with one attached hydrogen (secondary N) is 1. The van der Waals surface area contributed by atoms with Crippen molar-refractivity contribution in [1.29, 1.82) is 0 Å². The van der Waals surface area contributed by atoms with Crippen LogP contribution < -0.4 is 5.32 Å². The number of carbonyl (C=O) groups is 2. The van der Waals surface area contributed by atoms with Crippen molar-refractivity contribution in [3.8, 4) is 11.1 Å². The molecule has 0 radical (unpaired) electrons. The van der Waals surface area contributed by atoms with E-state index >= 15 is 0 Å². The molecule has 0 saturated carbocycles. The van der Waals surface area contributed by atoms with Crippen LogP contribution in [-0.4, -0.2) is 11.7 Å². The van der Waals surface area contributed by atoms with Gasteiger partial charge in [0.15, 0.2) is 5.78 Å². The van der Waals surface area contributed by atoms with Gasteiger partial charge in [-0.3, -0.25) is 9.59 Å². The second kappa shape index (κ2) is 5.92. The van der Waals surface area contributed by atoms with Crippen LogP contribution in [0.1, 0.15) is 26.3 Å². The van der Waals surface area contributed by atoms with E-state index < -0.39 is 0 Å². The topological polar surface area (TPSA) is 46.2 Å². The van der Waals surface area contributed by atoms with Gasteiger partial charge in [0.05, 0.1) is 5.56 Å². The van der Waals surface area contributed by atoms with Crippen LogP contribution >= 0.6 is 0 Å². The Hall–Kier alpha value is -3.72. The van der Waals surface area contributed by atoms with Crippen LogP contribution in [0.25, 0.3) is 21.9 Å². The molecule has 3 nitrogen and oxygen atoms in total. The summed E-state index contributed by atoms with van der Waals surface area (Å²) in [6.07, 6.45) is 0. The first-order valence-corrected chi connectivity index (χ1v) is 8.80. The highest BCUT2D eigenvalue weighted by molar-refractivity contribution is 6.27. The highest BCUT2D eigenvalue weighted by atomic mass is 16.2. The molecule has 0 fully saturated rings. The van der Waals surface area contributed by atoms with Gasteiger partial charge in [0.2, 0.25) is 0 Å². The lowest BCUT2D eigenvalue weighted by molar-refractivity contribution is 0.0999. The van der Waals surface area contributed by atoms with E-state index in [1.54, 1.807) is 6.07 Å². The molecule has 4 aromatic rings. The highest BCUT2D eigenvalue weighted by Gasteiger charge is 2.30. The zero-order valence-electron chi connectivity index (χ0n) is 14.4. The van der Waals surface area contributed by atoms with E-state index in [4.69, 9.17) is 0 Å². The minimum atomic E-state index is -0.274. The number of hydrogen-bond donors (Lipinski definition) is 1. The minimum absolute atomic E-state index is 0.0933. The minimum Gasteiger partial charge on any atom is -0.321 e.